The second-order valence-corrected chi connectivity index (χ2v) is 3.55. The van der Waals surface area contributed by atoms with Crippen molar-refractivity contribution >= 4 is 16.6 Å². The van der Waals surface area contributed by atoms with Crippen LogP contribution in [0.3, 0.4) is 0 Å². The molecule has 1 aromatic carbocycles. The Morgan fingerprint density at radius 3 is 2.88 bits per heavy atom. The molecule has 82 valence electrons. The van der Waals surface area contributed by atoms with E-state index < -0.39 is 0 Å². The molecule has 0 unspecified atom stereocenters. The van der Waals surface area contributed by atoms with E-state index in [0.29, 0.717) is 0 Å². The van der Waals surface area contributed by atoms with E-state index in [9.17, 15) is 0 Å². The number of fused-ring (bicyclic) bond motifs is 1. The molecule has 2 N–H and O–H groups in total. The zero-order valence-electron chi connectivity index (χ0n) is 9.15. The average Bonchev–Trinajstić information content (AvgIpc) is 2.77. The molecule has 17 heavy (non-hydrogen) atoms. The van der Waals surface area contributed by atoms with Crippen molar-refractivity contribution in [1.82, 2.24) is 10.2 Å². The fourth-order valence-electron chi connectivity index (χ4n) is 1.49. The maximum Gasteiger partial charge on any atom is 0.145 e. The lowest BCUT2D eigenvalue weighted by atomic mass is 10.1. The zero-order chi connectivity index (χ0) is 12.3. The number of benzene rings is 1. The van der Waals surface area contributed by atoms with Gasteiger partial charge in [0.2, 0.25) is 0 Å². The minimum absolute atomic E-state index is 0.0386. The number of nitrogens with zero attached hydrogens (tertiary/aromatic N) is 3. The summed E-state index contributed by atoms with van der Waals surface area (Å²) < 4.78 is 0. The van der Waals surface area contributed by atoms with Crippen molar-refractivity contribution in [1.29, 1.82) is 10.5 Å². The van der Waals surface area contributed by atoms with Crippen LogP contribution in [0.25, 0.3) is 10.9 Å². The molecule has 0 atom stereocenters. The third-order valence-corrected chi connectivity index (χ3v) is 2.40. The number of nitrogens with one attached hydrogen (secondary N) is 2. The van der Waals surface area contributed by atoms with E-state index in [1.54, 1.807) is 18.3 Å². The van der Waals surface area contributed by atoms with E-state index in [1.807, 2.05) is 19.1 Å². The van der Waals surface area contributed by atoms with Crippen LogP contribution in [0.5, 0.6) is 0 Å². The summed E-state index contributed by atoms with van der Waals surface area (Å²) in [6.07, 6.45) is 3.12. The molecule has 1 heterocycles. The van der Waals surface area contributed by atoms with Crippen LogP contribution in [0.15, 0.2) is 30.1 Å². The molecule has 0 radical (unpaired) electrons. The van der Waals surface area contributed by atoms with Crippen molar-refractivity contribution in [2.75, 3.05) is 5.32 Å². The van der Waals surface area contributed by atoms with Crippen molar-refractivity contribution in [2.24, 2.45) is 0 Å². The van der Waals surface area contributed by atoms with Gasteiger partial charge in [-0.05, 0) is 24.6 Å². The third-order valence-electron chi connectivity index (χ3n) is 2.40. The van der Waals surface area contributed by atoms with Crippen LogP contribution in [-0.4, -0.2) is 10.2 Å². The molecule has 5 nitrogen and oxygen atoms in total. The molecule has 0 spiro atoms. The smallest absolute Gasteiger partial charge is 0.145 e. The summed E-state index contributed by atoms with van der Waals surface area (Å²) in [5.41, 5.74) is 2.85. The first-order valence-electron chi connectivity index (χ1n) is 4.95. The molecule has 0 saturated carbocycles. The van der Waals surface area contributed by atoms with Gasteiger partial charge in [-0.15, -0.1) is 0 Å². The van der Waals surface area contributed by atoms with Crippen LogP contribution in [0.1, 0.15) is 5.56 Å². The summed E-state index contributed by atoms with van der Waals surface area (Å²) in [4.78, 5) is 0. The standard InChI is InChI=1S/C12H9N5/c1-8-2-12-10(7-16-17-12)3-11(8)15-6-9(4-13)5-14/h2-3,6-7,15H,1H3,(H,16,17). The largest absolute Gasteiger partial charge is 0.360 e. The van der Waals surface area contributed by atoms with E-state index in [1.165, 1.54) is 6.20 Å². The highest BCUT2D eigenvalue weighted by Crippen LogP contribution is 2.21. The minimum Gasteiger partial charge on any atom is -0.360 e. The molecule has 1 aromatic heterocycles. The maximum atomic E-state index is 8.62. The van der Waals surface area contributed by atoms with Gasteiger partial charge in [-0.2, -0.15) is 15.6 Å². The van der Waals surface area contributed by atoms with Gasteiger partial charge in [-0.3, -0.25) is 5.10 Å². The fourth-order valence-corrected chi connectivity index (χ4v) is 1.49. The first-order chi connectivity index (χ1) is 8.24. The van der Waals surface area contributed by atoms with E-state index >= 15 is 0 Å². The summed E-state index contributed by atoms with van der Waals surface area (Å²) >= 11 is 0. The number of aromatic amines is 1. The lowest BCUT2D eigenvalue weighted by molar-refractivity contribution is 1.12. The van der Waals surface area contributed by atoms with Gasteiger partial charge >= 0.3 is 0 Å². The van der Waals surface area contributed by atoms with Gasteiger partial charge in [0.1, 0.15) is 17.7 Å². The Bertz CT molecular complexity index is 650. The lowest BCUT2D eigenvalue weighted by Crippen LogP contribution is -1.92. The average molecular weight is 223 g/mol. The third kappa shape index (κ3) is 2.09. The van der Waals surface area contributed by atoms with Crippen LogP contribution in [0, 0.1) is 29.6 Å². The highest BCUT2D eigenvalue weighted by atomic mass is 15.1. The normalized spacial score (nSPS) is 9.35. The van der Waals surface area contributed by atoms with Crippen LogP contribution in [-0.2, 0) is 0 Å². The number of rotatable bonds is 2. The molecule has 0 aliphatic heterocycles. The van der Waals surface area contributed by atoms with Gasteiger partial charge < -0.3 is 5.32 Å². The Balaban J connectivity index is 2.37. The maximum absolute atomic E-state index is 8.62. The van der Waals surface area contributed by atoms with Gasteiger partial charge in [-0.1, -0.05) is 0 Å². The van der Waals surface area contributed by atoms with Gasteiger partial charge in [0.05, 0.1) is 11.7 Å². The van der Waals surface area contributed by atoms with Crippen molar-refractivity contribution in [2.45, 2.75) is 6.92 Å². The summed E-state index contributed by atoms with van der Waals surface area (Å²) in [6, 6.07) is 7.45. The van der Waals surface area contributed by atoms with Crippen LogP contribution in [0.4, 0.5) is 5.69 Å². The van der Waals surface area contributed by atoms with E-state index in [4.69, 9.17) is 10.5 Å². The number of anilines is 1. The molecule has 5 heteroatoms. The summed E-state index contributed by atoms with van der Waals surface area (Å²) in [7, 11) is 0. The Hall–Kier alpha value is -2.79. The molecule has 0 fully saturated rings. The first kappa shape index (κ1) is 10.7. The zero-order valence-corrected chi connectivity index (χ0v) is 9.15. The number of nitriles is 2. The van der Waals surface area contributed by atoms with Gasteiger partial charge in [-0.25, -0.2) is 0 Å². The molecule has 0 aliphatic carbocycles. The monoisotopic (exact) mass is 223 g/mol. The number of hydrogen-bond acceptors (Lipinski definition) is 4. The summed E-state index contributed by atoms with van der Waals surface area (Å²) in [5, 5.41) is 28.0. The molecule has 0 aliphatic rings. The lowest BCUT2D eigenvalue weighted by Gasteiger charge is -2.05. The Kier molecular flexibility index (Phi) is 2.76. The molecular weight excluding hydrogens is 214 g/mol. The van der Waals surface area contributed by atoms with Crippen molar-refractivity contribution < 1.29 is 0 Å². The number of hydrogen-bond donors (Lipinski definition) is 2. The predicted octanol–water partition coefficient (Wildman–Crippen LogP) is 2.21. The number of allylic oxidation sites excluding steroid dienone is 1. The van der Waals surface area contributed by atoms with Gasteiger partial charge in [0, 0.05) is 17.3 Å². The molecule has 0 saturated heterocycles. The van der Waals surface area contributed by atoms with Crippen molar-refractivity contribution in [3.05, 3.63) is 35.7 Å². The molecular formula is C12H9N5. The van der Waals surface area contributed by atoms with E-state index in [0.717, 1.165) is 22.2 Å². The second kappa shape index (κ2) is 4.38. The fraction of sp³-hybridized carbons (Fsp3) is 0.0833. The summed E-state index contributed by atoms with van der Waals surface area (Å²) in [5.74, 6) is 0. The summed E-state index contributed by atoms with van der Waals surface area (Å²) in [6.45, 7) is 1.94. The quantitative estimate of drug-likeness (QED) is 0.764. The Morgan fingerprint density at radius 1 is 1.41 bits per heavy atom. The SMILES string of the molecule is Cc1cc2[nH]ncc2cc1NC=C(C#N)C#N. The Morgan fingerprint density at radius 2 is 2.18 bits per heavy atom. The number of aromatic nitrogens is 2. The topological polar surface area (TPSA) is 88.3 Å². The van der Waals surface area contributed by atoms with Crippen molar-refractivity contribution in [3.8, 4) is 12.1 Å². The first-order valence-corrected chi connectivity index (χ1v) is 4.95. The molecule has 2 aromatic rings. The highest BCUT2D eigenvalue weighted by molar-refractivity contribution is 5.83. The van der Waals surface area contributed by atoms with Gasteiger partial charge in [0.15, 0.2) is 0 Å². The van der Waals surface area contributed by atoms with Gasteiger partial charge in [0.25, 0.3) is 0 Å². The van der Waals surface area contributed by atoms with Crippen LogP contribution >= 0.6 is 0 Å². The number of H-pyrrole nitrogens is 1. The minimum atomic E-state index is 0.0386. The second-order valence-electron chi connectivity index (χ2n) is 3.55. The molecule has 0 amide bonds. The van der Waals surface area contributed by atoms with E-state index in [-0.39, 0.29) is 5.57 Å². The highest BCUT2D eigenvalue weighted by Gasteiger charge is 2.02. The Labute approximate surface area is 98.0 Å². The molecule has 2 rings (SSSR count). The van der Waals surface area contributed by atoms with Crippen LogP contribution < -0.4 is 5.32 Å². The molecule has 0 bridgehead atoms. The van der Waals surface area contributed by atoms with Crippen molar-refractivity contribution in [3.63, 3.8) is 0 Å². The predicted molar refractivity (Wildman–Crippen MR) is 63.8 cm³/mol. The van der Waals surface area contributed by atoms with E-state index in [2.05, 4.69) is 15.5 Å². The number of aryl methyl sites for hydroxylation is 1. The van der Waals surface area contributed by atoms with Crippen LogP contribution in [0.2, 0.25) is 0 Å².